The van der Waals surface area contributed by atoms with Crippen LogP contribution in [0.4, 0.5) is 5.69 Å². The first-order valence-electron chi connectivity index (χ1n) is 4.84. The van der Waals surface area contributed by atoms with Gasteiger partial charge < -0.3 is 5.32 Å². The number of nitrogens with one attached hydrogen (secondary N) is 1. The minimum atomic E-state index is -0.231. The molecule has 17 heavy (non-hydrogen) atoms. The van der Waals surface area contributed by atoms with Gasteiger partial charge in [0.25, 0.3) is 5.91 Å². The lowest BCUT2D eigenvalue weighted by Gasteiger charge is -2.06. The van der Waals surface area contributed by atoms with E-state index in [0.29, 0.717) is 10.7 Å². The molecule has 1 aromatic carbocycles. The van der Waals surface area contributed by atoms with Crippen LogP contribution in [-0.2, 0) is 0 Å². The second-order valence-electron chi connectivity index (χ2n) is 3.29. The number of amides is 1. The van der Waals surface area contributed by atoms with E-state index in [0.717, 1.165) is 9.26 Å². The number of aromatic nitrogens is 1. The highest BCUT2D eigenvalue weighted by Gasteiger charge is 2.08. The maximum atomic E-state index is 11.8. The molecule has 1 heterocycles. The third kappa shape index (κ3) is 3.17. The van der Waals surface area contributed by atoms with Crippen LogP contribution in [0.1, 0.15) is 10.5 Å². The van der Waals surface area contributed by atoms with E-state index in [-0.39, 0.29) is 5.91 Å². The Kier molecular flexibility index (Phi) is 3.96. The lowest BCUT2D eigenvalue weighted by atomic mass is 10.3. The predicted octanol–water partition coefficient (Wildman–Crippen LogP) is 3.59. The Morgan fingerprint density at radius 2 is 2.12 bits per heavy atom. The summed E-state index contributed by atoms with van der Waals surface area (Å²) in [7, 11) is 0. The number of rotatable bonds is 2. The molecule has 0 aliphatic carbocycles. The first-order chi connectivity index (χ1) is 8.16. The van der Waals surface area contributed by atoms with E-state index in [1.54, 1.807) is 42.6 Å². The number of hydrogen-bond donors (Lipinski definition) is 1. The van der Waals surface area contributed by atoms with Gasteiger partial charge in [-0.25, -0.2) is 0 Å². The highest BCUT2D eigenvalue weighted by Crippen LogP contribution is 2.22. The van der Waals surface area contributed by atoms with Gasteiger partial charge in [-0.15, -0.1) is 0 Å². The van der Waals surface area contributed by atoms with Crippen LogP contribution < -0.4 is 5.32 Å². The molecule has 0 fully saturated rings. The zero-order chi connectivity index (χ0) is 12.3. The molecule has 0 bridgehead atoms. The van der Waals surface area contributed by atoms with E-state index in [4.69, 9.17) is 11.6 Å². The molecule has 1 amide bonds. The topological polar surface area (TPSA) is 42.0 Å². The average Bonchev–Trinajstić information content (AvgIpc) is 2.34. The van der Waals surface area contributed by atoms with Crippen molar-refractivity contribution in [2.75, 3.05) is 5.32 Å². The molecule has 5 heteroatoms. The van der Waals surface area contributed by atoms with Gasteiger partial charge in [0.05, 0.1) is 5.69 Å². The van der Waals surface area contributed by atoms with Crippen LogP contribution in [-0.4, -0.2) is 10.9 Å². The number of pyridine rings is 1. The fourth-order valence-electron chi connectivity index (χ4n) is 1.27. The normalized spacial score (nSPS) is 10.0. The van der Waals surface area contributed by atoms with Crippen molar-refractivity contribution < 1.29 is 4.79 Å². The second-order valence-corrected chi connectivity index (χ2v) is 4.89. The quantitative estimate of drug-likeness (QED) is 0.834. The molecule has 1 N–H and O–H groups in total. The Balaban J connectivity index is 2.19. The standard InChI is InChI=1S/C12H8ClIN2O/c13-8-4-5-10(9(14)7-8)16-12(17)11-3-1-2-6-15-11/h1-7H,(H,16,17). The van der Waals surface area contributed by atoms with Gasteiger partial charge in [0.2, 0.25) is 0 Å². The molecule has 0 aliphatic heterocycles. The minimum absolute atomic E-state index is 0.231. The maximum Gasteiger partial charge on any atom is 0.274 e. The largest absolute Gasteiger partial charge is 0.320 e. The Morgan fingerprint density at radius 3 is 2.76 bits per heavy atom. The van der Waals surface area contributed by atoms with E-state index in [1.165, 1.54) is 0 Å². The van der Waals surface area contributed by atoms with Crippen molar-refractivity contribution in [2.24, 2.45) is 0 Å². The molecular formula is C12H8ClIN2O. The van der Waals surface area contributed by atoms with Gasteiger partial charge in [0.1, 0.15) is 5.69 Å². The lowest BCUT2D eigenvalue weighted by molar-refractivity contribution is 0.102. The summed E-state index contributed by atoms with van der Waals surface area (Å²) < 4.78 is 0.888. The molecule has 86 valence electrons. The summed E-state index contributed by atoms with van der Waals surface area (Å²) in [5.74, 6) is -0.231. The number of benzene rings is 1. The molecule has 2 aromatic rings. The van der Waals surface area contributed by atoms with Gasteiger partial charge in [0.15, 0.2) is 0 Å². The highest BCUT2D eigenvalue weighted by atomic mass is 127. The molecule has 0 unspecified atom stereocenters. The summed E-state index contributed by atoms with van der Waals surface area (Å²) in [6.07, 6.45) is 1.59. The third-order valence-corrected chi connectivity index (χ3v) is 3.20. The van der Waals surface area contributed by atoms with Crippen LogP contribution in [0.3, 0.4) is 0 Å². The monoisotopic (exact) mass is 358 g/mol. The molecule has 0 aliphatic rings. The van der Waals surface area contributed by atoms with E-state index in [2.05, 4.69) is 32.9 Å². The van der Waals surface area contributed by atoms with Crippen molar-refractivity contribution in [1.29, 1.82) is 0 Å². The van der Waals surface area contributed by atoms with Crippen LogP contribution in [0.2, 0.25) is 5.02 Å². The second kappa shape index (κ2) is 5.46. The van der Waals surface area contributed by atoms with Crippen LogP contribution in [0.5, 0.6) is 0 Å². The highest BCUT2D eigenvalue weighted by molar-refractivity contribution is 14.1. The molecule has 3 nitrogen and oxygen atoms in total. The summed E-state index contributed by atoms with van der Waals surface area (Å²) in [6, 6.07) is 10.5. The van der Waals surface area contributed by atoms with Crippen molar-refractivity contribution in [3.05, 3.63) is 56.9 Å². The summed E-state index contributed by atoms with van der Waals surface area (Å²) >= 11 is 7.96. The van der Waals surface area contributed by atoms with Gasteiger partial charge in [-0.05, 0) is 52.9 Å². The molecule has 0 spiro atoms. The number of nitrogens with zero attached hydrogens (tertiary/aromatic N) is 1. The zero-order valence-corrected chi connectivity index (χ0v) is 11.6. The Morgan fingerprint density at radius 1 is 1.29 bits per heavy atom. The molecule has 0 saturated carbocycles. The third-order valence-electron chi connectivity index (χ3n) is 2.08. The van der Waals surface area contributed by atoms with Crippen molar-refractivity contribution in [1.82, 2.24) is 4.98 Å². The fourth-order valence-corrected chi connectivity index (χ4v) is 2.28. The van der Waals surface area contributed by atoms with Crippen LogP contribution >= 0.6 is 34.2 Å². The number of hydrogen-bond acceptors (Lipinski definition) is 2. The van der Waals surface area contributed by atoms with Gasteiger partial charge in [-0.2, -0.15) is 0 Å². The number of halogens is 2. The number of carbonyl (C=O) groups is 1. The van der Waals surface area contributed by atoms with Crippen molar-refractivity contribution in [2.45, 2.75) is 0 Å². The minimum Gasteiger partial charge on any atom is -0.320 e. The number of anilines is 1. The van der Waals surface area contributed by atoms with Gasteiger partial charge in [-0.3, -0.25) is 9.78 Å². The van der Waals surface area contributed by atoms with Crippen LogP contribution in [0, 0.1) is 3.57 Å². The molecular weight excluding hydrogens is 351 g/mol. The fraction of sp³-hybridized carbons (Fsp3) is 0. The van der Waals surface area contributed by atoms with E-state index in [9.17, 15) is 4.79 Å². The van der Waals surface area contributed by atoms with Crippen molar-refractivity contribution in [3.8, 4) is 0 Å². The smallest absolute Gasteiger partial charge is 0.274 e. The van der Waals surface area contributed by atoms with Crippen molar-refractivity contribution in [3.63, 3.8) is 0 Å². The molecule has 1 aromatic heterocycles. The van der Waals surface area contributed by atoms with E-state index in [1.807, 2.05) is 0 Å². The Hall–Kier alpha value is -1.14. The molecule has 0 atom stereocenters. The van der Waals surface area contributed by atoms with Gasteiger partial charge in [-0.1, -0.05) is 17.7 Å². The summed E-state index contributed by atoms with van der Waals surface area (Å²) in [5.41, 5.74) is 1.11. The first-order valence-corrected chi connectivity index (χ1v) is 6.30. The summed E-state index contributed by atoms with van der Waals surface area (Å²) in [6.45, 7) is 0. The van der Waals surface area contributed by atoms with E-state index < -0.39 is 0 Å². The SMILES string of the molecule is O=C(Nc1ccc(Cl)cc1I)c1ccccn1. The van der Waals surface area contributed by atoms with Gasteiger partial charge in [0, 0.05) is 14.8 Å². The van der Waals surface area contributed by atoms with Crippen molar-refractivity contribution >= 4 is 45.8 Å². The average molecular weight is 359 g/mol. The van der Waals surface area contributed by atoms with Crippen LogP contribution in [0.15, 0.2) is 42.6 Å². The Bertz CT molecular complexity index is 545. The first kappa shape index (κ1) is 12.3. The summed E-state index contributed by atoms with van der Waals surface area (Å²) in [5, 5.41) is 3.43. The lowest BCUT2D eigenvalue weighted by Crippen LogP contribution is -2.14. The maximum absolute atomic E-state index is 11.8. The zero-order valence-electron chi connectivity index (χ0n) is 8.65. The number of carbonyl (C=O) groups excluding carboxylic acids is 1. The molecule has 0 radical (unpaired) electrons. The van der Waals surface area contributed by atoms with Gasteiger partial charge >= 0.3 is 0 Å². The Labute approximate surface area is 117 Å². The predicted molar refractivity (Wildman–Crippen MR) is 76.4 cm³/mol. The molecule has 2 rings (SSSR count). The molecule has 0 saturated heterocycles. The van der Waals surface area contributed by atoms with Crippen LogP contribution in [0.25, 0.3) is 0 Å². The summed E-state index contributed by atoms with van der Waals surface area (Å²) in [4.78, 5) is 15.8. The van der Waals surface area contributed by atoms with E-state index >= 15 is 0 Å².